The summed E-state index contributed by atoms with van der Waals surface area (Å²) in [6.45, 7) is 4.02. The van der Waals surface area contributed by atoms with E-state index in [1.54, 1.807) is 25.2 Å². The Balaban J connectivity index is 2.19. The highest BCUT2D eigenvalue weighted by molar-refractivity contribution is 5.96. The number of aliphatic hydroxyl groups is 1. The van der Waals surface area contributed by atoms with Gasteiger partial charge < -0.3 is 21.5 Å². The SMILES string of the molecule is CNC(=O)c1ccc(N)c(NC2CC(O)C2(C)C)c1. The van der Waals surface area contributed by atoms with Gasteiger partial charge >= 0.3 is 0 Å². The zero-order valence-electron chi connectivity index (χ0n) is 11.5. The van der Waals surface area contributed by atoms with Crippen molar-refractivity contribution < 1.29 is 9.90 Å². The molecule has 1 saturated carbocycles. The fraction of sp³-hybridized carbons (Fsp3) is 0.500. The number of rotatable bonds is 3. The fourth-order valence-electron chi connectivity index (χ4n) is 2.30. The number of hydrogen-bond donors (Lipinski definition) is 4. The molecule has 1 fully saturated rings. The van der Waals surface area contributed by atoms with Crippen LogP contribution < -0.4 is 16.4 Å². The molecule has 5 nitrogen and oxygen atoms in total. The van der Waals surface area contributed by atoms with E-state index in [4.69, 9.17) is 5.73 Å². The van der Waals surface area contributed by atoms with E-state index in [0.29, 0.717) is 17.7 Å². The van der Waals surface area contributed by atoms with Gasteiger partial charge in [-0.3, -0.25) is 4.79 Å². The van der Waals surface area contributed by atoms with Crippen LogP contribution in [0.1, 0.15) is 30.6 Å². The van der Waals surface area contributed by atoms with Crippen molar-refractivity contribution in [1.29, 1.82) is 0 Å². The van der Waals surface area contributed by atoms with Gasteiger partial charge in [-0.25, -0.2) is 0 Å². The zero-order valence-corrected chi connectivity index (χ0v) is 11.5. The molecule has 1 aromatic rings. The van der Waals surface area contributed by atoms with Gasteiger partial charge in [-0.15, -0.1) is 0 Å². The molecule has 0 heterocycles. The van der Waals surface area contributed by atoms with E-state index in [2.05, 4.69) is 10.6 Å². The molecule has 0 aliphatic heterocycles. The lowest BCUT2D eigenvalue weighted by molar-refractivity contribution is -0.0510. The quantitative estimate of drug-likeness (QED) is 0.617. The number of nitrogens with two attached hydrogens (primary N) is 1. The van der Waals surface area contributed by atoms with Crippen molar-refractivity contribution in [2.45, 2.75) is 32.4 Å². The Bertz CT molecular complexity index is 499. The van der Waals surface area contributed by atoms with Crippen LogP contribution in [0, 0.1) is 5.41 Å². The van der Waals surface area contributed by atoms with Gasteiger partial charge in [0.25, 0.3) is 5.91 Å². The maximum Gasteiger partial charge on any atom is 0.251 e. The van der Waals surface area contributed by atoms with Crippen molar-refractivity contribution in [3.8, 4) is 0 Å². The molecule has 1 aliphatic rings. The second kappa shape index (κ2) is 4.74. The van der Waals surface area contributed by atoms with Crippen LogP contribution in [0.5, 0.6) is 0 Å². The molecule has 1 aromatic carbocycles. The van der Waals surface area contributed by atoms with Gasteiger partial charge in [-0.1, -0.05) is 13.8 Å². The second-order valence-corrected chi connectivity index (χ2v) is 5.65. The van der Waals surface area contributed by atoms with E-state index in [1.807, 2.05) is 13.8 Å². The monoisotopic (exact) mass is 263 g/mol. The number of nitrogen functional groups attached to an aromatic ring is 1. The number of hydrogen-bond acceptors (Lipinski definition) is 4. The van der Waals surface area contributed by atoms with Gasteiger partial charge in [0.1, 0.15) is 0 Å². The summed E-state index contributed by atoms with van der Waals surface area (Å²) in [5, 5.41) is 15.6. The number of carbonyl (C=O) groups excluding carboxylic acids is 1. The molecule has 104 valence electrons. The number of aliphatic hydroxyl groups excluding tert-OH is 1. The van der Waals surface area contributed by atoms with Crippen LogP contribution in [0.4, 0.5) is 11.4 Å². The molecule has 1 amide bonds. The smallest absolute Gasteiger partial charge is 0.251 e. The Hall–Kier alpha value is -1.75. The third-order valence-electron chi connectivity index (χ3n) is 4.09. The molecular formula is C14H21N3O2. The summed E-state index contributed by atoms with van der Waals surface area (Å²) in [5.74, 6) is -0.143. The van der Waals surface area contributed by atoms with E-state index in [0.717, 1.165) is 5.69 Å². The van der Waals surface area contributed by atoms with Gasteiger partial charge in [-0.05, 0) is 24.6 Å². The first kappa shape index (κ1) is 13.7. The molecule has 2 unspecified atom stereocenters. The van der Waals surface area contributed by atoms with Crippen molar-refractivity contribution in [3.05, 3.63) is 23.8 Å². The van der Waals surface area contributed by atoms with E-state index < -0.39 is 0 Å². The van der Waals surface area contributed by atoms with Crippen molar-refractivity contribution in [1.82, 2.24) is 5.32 Å². The Labute approximate surface area is 113 Å². The Morgan fingerprint density at radius 2 is 2.16 bits per heavy atom. The summed E-state index contributed by atoms with van der Waals surface area (Å²) in [4.78, 5) is 11.6. The maximum absolute atomic E-state index is 11.6. The number of anilines is 2. The standard InChI is InChI=1S/C14H21N3O2/c1-14(2)11(7-12(14)18)17-10-6-8(13(19)16-3)4-5-9(10)15/h4-6,11-12,17-18H,7,15H2,1-3H3,(H,16,19). The lowest BCUT2D eigenvalue weighted by Crippen LogP contribution is -2.56. The Morgan fingerprint density at radius 1 is 1.47 bits per heavy atom. The Morgan fingerprint density at radius 3 is 2.68 bits per heavy atom. The summed E-state index contributed by atoms with van der Waals surface area (Å²) in [6, 6.07) is 5.31. The van der Waals surface area contributed by atoms with Gasteiger partial charge in [0.05, 0.1) is 17.5 Å². The highest BCUT2D eigenvalue weighted by Gasteiger charge is 2.47. The fourth-order valence-corrected chi connectivity index (χ4v) is 2.30. The molecule has 5 N–H and O–H groups in total. The van der Waals surface area contributed by atoms with Gasteiger partial charge in [0.2, 0.25) is 0 Å². The van der Waals surface area contributed by atoms with E-state index in [-0.39, 0.29) is 23.5 Å². The van der Waals surface area contributed by atoms with Gasteiger partial charge in [0.15, 0.2) is 0 Å². The second-order valence-electron chi connectivity index (χ2n) is 5.65. The lowest BCUT2D eigenvalue weighted by atomic mass is 9.64. The first-order valence-electron chi connectivity index (χ1n) is 6.42. The van der Waals surface area contributed by atoms with Crippen molar-refractivity contribution >= 4 is 17.3 Å². The topological polar surface area (TPSA) is 87.4 Å². The molecule has 0 spiro atoms. The molecule has 19 heavy (non-hydrogen) atoms. The largest absolute Gasteiger partial charge is 0.397 e. The highest BCUT2D eigenvalue weighted by Crippen LogP contribution is 2.42. The molecule has 0 radical (unpaired) electrons. The van der Waals surface area contributed by atoms with E-state index in [9.17, 15) is 9.90 Å². The predicted molar refractivity (Wildman–Crippen MR) is 76.1 cm³/mol. The molecule has 2 rings (SSSR count). The van der Waals surface area contributed by atoms with Crippen LogP contribution in [0.2, 0.25) is 0 Å². The van der Waals surface area contributed by atoms with Crippen LogP contribution in [-0.2, 0) is 0 Å². The summed E-state index contributed by atoms with van der Waals surface area (Å²) < 4.78 is 0. The molecule has 2 atom stereocenters. The number of nitrogens with one attached hydrogen (secondary N) is 2. The van der Waals surface area contributed by atoms with Crippen LogP contribution in [0.3, 0.4) is 0 Å². The molecule has 1 aliphatic carbocycles. The summed E-state index contributed by atoms with van der Waals surface area (Å²) >= 11 is 0. The average molecular weight is 263 g/mol. The third-order valence-corrected chi connectivity index (χ3v) is 4.09. The minimum atomic E-state index is -0.298. The van der Waals surface area contributed by atoms with E-state index in [1.165, 1.54) is 0 Å². The molecule has 0 aromatic heterocycles. The first-order chi connectivity index (χ1) is 8.86. The van der Waals surface area contributed by atoms with E-state index >= 15 is 0 Å². The van der Waals surface area contributed by atoms with Crippen molar-refractivity contribution in [3.63, 3.8) is 0 Å². The summed E-state index contributed by atoms with van der Waals surface area (Å²) in [7, 11) is 1.59. The van der Waals surface area contributed by atoms with Crippen LogP contribution in [0.25, 0.3) is 0 Å². The highest BCUT2D eigenvalue weighted by atomic mass is 16.3. The van der Waals surface area contributed by atoms with Crippen LogP contribution in [-0.4, -0.2) is 30.2 Å². The number of carbonyl (C=O) groups is 1. The van der Waals surface area contributed by atoms with Crippen molar-refractivity contribution in [2.24, 2.45) is 5.41 Å². The van der Waals surface area contributed by atoms with Crippen LogP contribution >= 0.6 is 0 Å². The van der Waals surface area contributed by atoms with Crippen LogP contribution in [0.15, 0.2) is 18.2 Å². The molecule has 0 saturated heterocycles. The lowest BCUT2D eigenvalue weighted by Gasteiger charge is -2.50. The molecular weight excluding hydrogens is 242 g/mol. The summed E-state index contributed by atoms with van der Waals surface area (Å²) in [5.41, 5.74) is 7.65. The summed E-state index contributed by atoms with van der Waals surface area (Å²) in [6.07, 6.45) is 0.393. The third kappa shape index (κ3) is 2.38. The Kier molecular flexibility index (Phi) is 3.41. The average Bonchev–Trinajstić information content (AvgIpc) is 2.39. The van der Waals surface area contributed by atoms with Gasteiger partial charge in [0, 0.05) is 24.1 Å². The minimum absolute atomic E-state index is 0.143. The maximum atomic E-state index is 11.6. The molecule has 5 heteroatoms. The van der Waals surface area contributed by atoms with Crippen molar-refractivity contribution in [2.75, 3.05) is 18.1 Å². The molecule has 0 bridgehead atoms. The number of amides is 1. The number of benzene rings is 1. The zero-order chi connectivity index (χ0) is 14.2. The van der Waals surface area contributed by atoms with Gasteiger partial charge in [-0.2, -0.15) is 0 Å². The normalized spacial score (nSPS) is 24.4. The first-order valence-corrected chi connectivity index (χ1v) is 6.42. The minimum Gasteiger partial charge on any atom is -0.397 e. The predicted octanol–water partition coefficient (Wildman–Crippen LogP) is 1.20.